The topological polar surface area (TPSA) is 173 Å². The molecule has 21 heavy (non-hydrogen) atoms. The summed E-state index contributed by atoms with van der Waals surface area (Å²) in [5.41, 5.74) is 0. The molecule has 124 valence electrons. The van der Waals surface area contributed by atoms with Crippen molar-refractivity contribution in [3.63, 3.8) is 0 Å². The second-order valence-electron chi connectivity index (χ2n) is 5.29. The molecule has 0 aromatic carbocycles. The largest absolute Gasteiger partial charge is 0.481 e. The lowest BCUT2D eigenvalue weighted by Crippen LogP contribution is -2.42. The number of carbonyl (C=O) groups is 3. The number of carboxylic acids is 3. The van der Waals surface area contributed by atoms with E-state index in [4.69, 9.17) is 30.6 Å². The van der Waals surface area contributed by atoms with Crippen LogP contribution in [0.25, 0.3) is 0 Å². The number of aliphatic hydroxyl groups excluding tert-OH is 3. The maximum atomic E-state index is 10.1. The van der Waals surface area contributed by atoms with Gasteiger partial charge in [0.05, 0.1) is 27.6 Å². The number of aliphatic hydroxyl groups is 3. The highest BCUT2D eigenvalue weighted by Gasteiger charge is 2.29. The fourth-order valence-corrected chi connectivity index (χ4v) is 1.17. The fraction of sp³-hybridized carbons (Fsp3) is 0.727. The molecule has 0 aromatic heterocycles. The van der Waals surface area contributed by atoms with E-state index in [1.165, 1.54) is 0 Å². The predicted octanol–water partition coefficient (Wildman–Crippen LogP) is -2.59. The molecule has 0 radical (unpaired) electrons. The third kappa shape index (κ3) is 13.0. The van der Waals surface area contributed by atoms with Crippen LogP contribution in [0.15, 0.2) is 0 Å². The van der Waals surface area contributed by atoms with Gasteiger partial charge in [-0.1, -0.05) is 0 Å². The number of carboxylic acid groups (broad SMARTS) is 3. The summed E-state index contributed by atoms with van der Waals surface area (Å²) in [7, 11) is 5.72. The molecule has 10 nitrogen and oxygen atoms in total. The summed E-state index contributed by atoms with van der Waals surface area (Å²) >= 11 is 0. The first-order valence-electron chi connectivity index (χ1n) is 5.80. The number of nitrogens with zero attached hydrogens (tertiary/aromatic N) is 1. The molecular formula is C11H22NO9+. The second-order valence-corrected chi connectivity index (χ2v) is 5.29. The van der Waals surface area contributed by atoms with E-state index in [0.717, 1.165) is 0 Å². The summed E-state index contributed by atoms with van der Waals surface area (Å²) in [6.45, 7) is 0.465. The van der Waals surface area contributed by atoms with Gasteiger partial charge in [-0.3, -0.25) is 4.79 Å². The first-order chi connectivity index (χ1) is 9.27. The van der Waals surface area contributed by atoms with Crippen molar-refractivity contribution in [2.75, 3.05) is 27.7 Å². The fourth-order valence-electron chi connectivity index (χ4n) is 1.17. The van der Waals surface area contributed by atoms with Gasteiger partial charge in [-0.15, -0.1) is 0 Å². The monoisotopic (exact) mass is 312 g/mol. The SMILES string of the molecule is C[N+](C)(C)C[C@H](O)CC(=O)O.O=C(O)C(O)C(O)C(=O)O. The number of quaternary nitrogens is 1. The van der Waals surface area contributed by atoms with Crippen LogP contribution >= 0.6 is 0 Å². The molecule has 0 amide bonds. The van der Waals surface area contributed by atoms with Gasteiger partial charge in [0.25, 0.3) is 0 Å². The first-order valence-corrected chi connectivity index (χ1v) is 5.80. The van der Waals surface area contributed by atoms with Gasteiger partial charge in [0.2, 0.25) is 0 Å². The highest BCUT2D eigenvalue weighted by atomic mass is 16.4. The molecule has 0 aliphatic carbocycles. The molecule has 0 heterocycles. The minimum absolute atomic E-state index is 0.171. The molecule has 0 saturated carbocycles. The minimum atomic E-state index is -2.27. The highest BCUT2D eigenvalue weighted by molar-refractivity contribution is 5.83. The first kappa shape index (κ1) is 21.5. The normalized spacial score (nSPS) is 15.1. The second kappa shape index (κ2) is 9.23. The van der Waals surface area contributed by atoms with Gasteiger partial charge in [-0.2, -0.15) is 0 Å². The maximum absolute atomic E-state index is 10.1. The van der Waals surface area contributed by atoms with E-state index in [0.29, 0.717) is 11.0 Å². The van der Waals surface area contributed by atoms with Gasteiger partial charge < -0.3 is 35.1 Å². The Kier molecular flexibility index (Phi) is 9.47. The van der Waals surface area contributed by atoms with Crippen LogP contribution in [0, 0.1) is 0 Å². The highest BCUT2D eigenvalue weighted by Crippen LogP contribution is 1.98. The van der Waals surface area contributed by atoms with Crippen molar-refractivity contribution in [3.05, 3.63) is 0 Å². The summed E-state index contributed by atoms with van der Waals surface area (Å²) in [6.07, 6.45) is -5.45. The Balaban J connectivity index is 0. The van der Waals surface area contributed by atoms with E-state index in [9.17, 15) is 14.4 Å². The quantitative estimate of drug-likeness (QED) is 0.276. The Hall–Kier alpha value is -1.75. The predicted molar refractivity (Wildman–Crippen MR) is 68.4 cm³/mol. The van der Waals surface area contributed by atoms with Crippen LogP contribution in [-0.2, 0) is 14.4 Å². The summed E-state index contributed by atoms with van der Waals surface area (Å²) in [6, 6.07) is 0. The Morgan fingerprint density at radius 3 is 1.38 bits per heavy atom. The molecule has 6 N–H and O–H groups in total. The standard InChI is InChI=1S/C7H15NO3.C4H6O6/c1-8(2,3)5-6(9)4-7(10)11;5-1(3(7)8)2(6)4(9)10/h6,9H,4-5H2,1-3H3;1-2,5-6H,(H,7,8)(H,9,10)/p+1/t6-;/m1./s1. The van der Waals surface area contributed by atoms with Crippen LogP contribution in [0.3, 0.4) is 0 Å². The number of hydrogen-bond donors (Lipinski definition) is 6. The average molecular weight is 312 g/mol. The lowest BCUT2D eigenvalue weighted by atomic mass is 10.2. The minimum Gasteiger partial charge on any atom is -0.481 e. The molecule has 10 heteroatoms. The zero-order valence-corrected chi connectivity index (χ0v) is 12.0. The molecule has 0 aliphatic rings. The van der Waals surface area contributed by atoms with Crippen LogP contribution in [0.4, 0.5) is 0 Å². The molecule has 0 spiro atoms. The maximum Gasteiger partial charge on any atom is 0.335 e. The summed E-state index contributed by atoms with van der Waals surface area (Å²) in [5.74, 6) is -4.49. The number of rotatable bonds is 7. The summed E-state index contributed by atoms with van der Waals surface area (Å²) < 4.78 is 0.578. The molecular weight excluding hydrogens is 290 g/mol. The van der Waals surface area contributed by atoms with Gasteiger partial charge >= 0.3 is 17.9 Å². The Labute approximate surface area is 121 Å². The zero-order valence-electron chi connectivity index (χ0n) is 12.0. The average Bonchev–Trinajstić information content (AvgIpc) is 2.23. The summed E-state index contributed by atoms with van der Waals surface area (Å²) in [4.78, 5) is 29.7. The van der Waals surface area contributed by atoms with E-state index < -0.39 is 36.2 Å². The van der Waals surface area contributed by atoms with E-state index in [2.05, 4.69) is 0 Å². The lowest BCUT2D eigenvalue weighted by molar-refractivity contribution is -0.873. The van der Waals surface area contributed by atoms with Crippen LogP contribution in [0.5, 0.6) is 0 Å². The third-order valence-electron chi connectivity index (χ3n) is 1.97. The summed E-state index contributed by atoms with van der Waals surface area (Å²) in [5, 5.41) is 50.0. The van der Waals surface area contributed by atoms with Crippen molar-refractivity contribution >= 4 is 17.9 Å². The molecule has 0 saturated heterocycles. The lowest BCUT2D eigenvalue weighted by Gasteiger charge is -2.25. The van der Waals surface area contributed by atoms with Crippen molar-refractivity contribution in [1.29, 1.82) is 0 Å². The Bertz CT molecular complexity index is 345. The van der Waals surface area contributed by atoms with Crippen LogP contribution in [-0.4, -0.2) is 99.0 Å². The van der Waals surface area contributed by atoms with Crippen molar-refractivity contribution in [3.8, 4) is 0 Å². The van der Waals surface area contributed by atoms with E-state index in [1.807, 2.05) is 21.1 Å². The van der Waals surface area contributed by atoms with Gasteiger partial charge in [0.1, 0.15) is 12.6 Å². The van der Waals surface area contributed by atoms with Crippen LogP contribution in [0.2, 0.25) is 0 Å². The van der Waals surface area contributed by atoms with Crippen LogP contribution < -0.4 is 0 Å². The van der Waals surface area contributed by atoms with Gasteiger partial charge in [-0.25, -0.2) is 9.59 Å². The van der Waals surface area contributed by atoms with Crippen molar-refractivity contribution in [2.45, 2.75) is 24.7 Å². The molecule has 0 aromatic rings. The van der Waals surface area contributed by atoms with Crippen LogP contribution in [0.1, 0.15) is 6.42 Å². The zero-order chi connectivity index (χ0) is 17.4. The molecule has 0 aliphatic heterocycles. The number of aliphatic carboxylic acids is 3. The molecule has 0 fully saturated rings. The van der Waals surface area contributed by atoms with Crippen molar-refractivity contribution < 1.29 is 49.5 Å². The molecule has 0 rings (SSSR count). The van der Waals surface area contributed by atoms with Crippen molar-refractivity contribution in [2.24, 2.45) is 0 Å². The Morgan fingerprint density at radius 1 is 0.857 bits per heavy atom. The number of hydrogen-bond acceptors (Lipinski definition) is 6. The van der Waals surface area contributed by atoms with E-state index >= 15 is 0 Å². The number of likely N-dealkylation sites (N-methyl/N-ethyl adjacent to an activating group) is 1. The molecule has 0 bridgehead atoms. The van der Waals surface area contributed by atoms with E-state index in [1.54, 1.807) is 0 Å². The van der Waals surface area contributed by atoms with Gasteiger partial charge in [0.15, 0.2) is 12.2 Å². The van der Waals surface area contributed by atoms with Crippen molar-refractivity contribution in [1.82, 2.24) is 0 Å². The molecule has 2 unspecified atom stereocenters. The van der Waals surface area contributed by atoms with E-state index in [-0.39, 0.29) is 6.42 Å². The third-order valence-corrected chi connectivity index (χ3v) is 1.97. The Morgan fingerprint density at radius 2 is 1.19 bits per heavy atom. The smallest absolute Gasteiger partial charge is 0.335 e. The van der Waals surface area contributed by atoms with Gasteiger partial charge in [0, 0.05) is 0 Å². The molecule has 3 atom stereocenters. The van der Waals surface area contributed by atoms with Gasteiger partial charge in [-0.05, 0) is 0 Å².